The molecule has 6 heteroatoms. The van der Waals surface area contributed by atoms with Crippen LogP contribution in [-0.4, -0.2) is 57.9 Å². The molecule has 0 fully saturated rings. The van der Waals surface area contributed by atoms with Crippen molar-refractivity contribution in [1.29, 1.82) is 0 Å². The minimum atomic E-state index is -3.57. The molecule has 0 atom stereocenters. The Balaban J connectivity index is 0.000000750. The number of hydrogen-bond donors (Lipinski definition) is 1. The first-order valence-electron chi connectivity index (χ1n) is 14.7. The minimum absolute atomic E-state index is 0. The third-order valence-electron chi connectivity index (χ3n) is 6.56. The zero-order valence-corrected chi connectivity index (χ0v) is 27.2. The number of hydrogen-bond acceptors (Lipinski definition) is 4. The summed E-state index contributed by atoms with van der Waals surface area (Å²) in [6.45, 7) is 4.76. The van der Waals surface area contributed by atoms with E-state index in [4.69, 9.17) is 4.18 Å². The van der Waals surface area contributed by atoms with E-state index in [0.717, 1.165) is 24.8 Å². The van der Waals surface area contributed by atoms with Crippen LogP contribution in [0.1, 0.15) is 122 Å². The molecule has 1 N–H and O–H groups in total. The monoisotopic (exact) mass is 572 g/mol. The summed E-state index contributed by atoms with van der Waals surface area (Å²) in [5.41, 5.74) is 1.09. The van der Waals surface area contributed by atoms with Crippen molar-refractivity contribution in [2.75, 3.05) is 6.61 Å². The van der Waals surface area contributed by atoms with E-state index < -0.39 is 10.1 Å². The number of para-hydroxylation sites is 1. The van der Waals surface area contributed by atoms with Crippen LogP contribution < -0.4 is 0 Å². The number of phenolic OH excluding ortho intramolecular Hbond substituents is 1. The first-order valence-corrected chi connectivity index (χ1v) is 16.1. The average molecular weight is 573 g/mol. The maximum Gasteiger partial charge on any atom is 0.296 e. The van der Waals surface area contributed by atoms with Crippen LogP contribution in [0.15, 0.2) is 59.5 Å². The van der Waals surface area contributed by atoms with E-state index in [0.29, 0.717) is 5.75 Å². The van der Waals surface area contributed by atoms with E-state index in [1.807, 2.05) is 18.2 Å². The van der Waals surface area contributed by atoms with E-state index in [9.17, 15) is 13.5 Å². The Bertz CT molecular complexity index is 887. The van der Waals surface area contributed by atoms with Crippen LogP contribution in [0, 0.1) is 0 Å². The number of rotatable bonds is 20. The molecule has 0 saturated heterocycles. The fourth-order valence-electron chi connectivity index (χ4n) is 4.23. The van der Waals surface area contributed by atoms with Crippen molar-refractivity contribution in [1.82, 2.24) is 0 Å². The zero-order chi connectivity index (χ0) is 27.0. The van der Waals surface area contributed by atoms with E-state index in [-0.39, 0.29) is 49.2 Å². The molecule has 2 aromatic carbocycles. The maximum absolute atomic E-state index is 11.9. The van der Waals surface area contributed by atoms with Crippen LogP contribution >= 0.6 is 0 Å². The van der Waals surface area contributed by atoms with Crippen LogP contribution in [0.3, 0.4) is 0 Å². The van der Waals surface area contributed by atoms with Gasteiger partial charge in [-0.25, -0.2) is 0 Å². The van der Waals surface area contributed by atoms with Crippen LogP contribution in [0.25, 0.3) is 0 Å². The van der Waals surface area contributed by atoms with E-state index >= 15 is 0 Å². The number of aromatic hydroxyl groups is 1. The Morgan fingerprint density at radius 2 is 1.05 bits per heavy atom. The number of phenols is 1. The average Bonchev–Trinajstić information content (AvgIpc) is 2.91. The van der Waals surface area contributed by atoms with Gasteiger partial charge in [-0.3, -0.25) is 4.18 Å². The summed E-state index contributed by atoms with van der Waals surface area (Å²) < 4.78 is 28.8. The zero-order valence-electron chi connectivity index (χ0n) is 24.2. The number of unbranched alkanes of at least 4 members (excludes halogenated alkanes) is 14. The van der Waals surface area contributed by atoms with E-state index in [1.54, 1.807) is 36.4 Å². The van der Waals surface area contributed by atoms with Crippen LogP contribution in [0.2, 0.25) is 0 Å². The molecule has 0 amide bonds. The predicted octanol–water partition coefficient (Wildman–Crippen LogP) is 9.23. The second-order valence-corrected chi connectivity index (χ2v) is 11.5. The smallest absolute Gasteiger partial charge is 0.296 e. The van der Waals surface area contributed by atoms with Crippen molar-refractivity contribution in [2.45, 2.75) is 128 Å². The van der Waals surface area contributed by atoms with Gasteiger partial charge in [0.1, 0.15) is 5.75 Å². The molecule has 38 heavy (non-hydrogen) atoms. The van der Waals surface area contributed by atoms with Crippen molar-refractivity contribution in [2.24, 2.45) is 0 Å². The molecule has 0 heterocycles. The van der Waals surface area contributed by atoms with Gasteiger partial charge in [-0.1, -0.05) is 140 Å². The molecular formula is C32H52CaO4S. The van der Waals surface area contributed by atoms with Crippen molar-refractivity contribution in [3.63, 3.8) is 0 Å². The molecule has 2 rings (SSSR count). The fraction of sp³-hybridized carbons (Fsp3) is 0.625. The van der Waals surface area contributed by atoms with Gasteiger partial charge >= 0.3 is 0 Å². The van der Waals surface area contributed by atoms with E-state index in [2.05, 4.69) is 13.8 Å². The first kappa shape index (κ1) is 37.4. The molecule has 0 bridgehead atoms. The van der Waals surface area contributed by atoms with Gasteiger partial charge in [-0.05, 0) is 43.0 Å². The molecule has 0 unspecified atom stereocenters. The topological polar surface area (TPSA) is 63.6 Å². The SMILES string of the molecule is CCCCCCCCCCCCOS(=O)(=O)c1ccccc1.CCCCCCCCc1ccccc1O.[Ca]. The molecule has 2 radical (unpaired) electrons. The molecule has 212 valence electrons. The van der Waals surface area contributed by atoms with Gasteiger partial charge in [0.15, 0.2) is 0 Å². The molecular weight excluding hydrogens is 520 g/mol. The third kappa shape index (κ3) is 19.5. The van der Waals surface area contributed by atoms with Gasteiger partial charge < -0.3 is 5.11 Å². The molecule has 0 aliphatic rings. The van der Waals surface area contributed by atoms with Crippen molar-refractivity contribution in [3.8, 4) is 5.75 Å². The van der Waals surface area contributed by atoms with E-state index in [1.165, 1.54) is 89.9 Å². The van der Waals surface area contributed by atoms with Gasteiger partial charge in [-0.15, -0.1) is 0 Å². The number of benzene rings is 2. The Morgan fingerprint density at radius 1 is 0.605 bits per heavy atom. The predicted molar refractivity (Wildman–Crippen MR) is 162 cm³/mol. The first-order chi connectivity index (χ1) is 18.0. The second-order valence-electron chi connectivity index (χ2n) is 9.92. The third-order valence-corrected chi connectivity index (χ3v) is 7.89. The Hall–Kier alpha value is -0.590. The van der Waals surface area contributed by atoms with Gasteiger partial charge in [0, 0.05) is 37.7 Å². The standard InChI is InChI=1S/C18H30O3S.C14H22O.Ca/c1-2-3-4-5-6-7-8-9-10-14-17-21-22(19,20)18-15-12-11-13-16-18;1-2-3-4-5-6-7-10-13-11-8-9-12-14(13)15;/h11-13,15-16H,2-10,14,17H2,1H3;8-9,11-12,15H,2-7,10H2,1H3;. The Kier molecular flexibility index (Phi) is 25.0. The van der Waals surface area contributed by atoms with Gasteiger partial charge in [0.05, 0.1) is 11.5 Å². The second kappa shape index (κ2) is 25.4. The maximum atomic E-state index is 11.9. The summed E-state index contributed by atoms with van der Waals surface area (Å²) in [4.78, 5) is 0.238. The fourth-order valence-corrected chi connectivity index (χ4v) is 5.20. The molecule has 0 spiro atoms. The summed E-state index contributed by atoms with van der Waals surface area (Å²) in [7, 11) is -3.57. The summed E-state index contributed by atoms with van der Waals surface area (Å²) in [5, 5.41) is 9.55. The van der Waals surface area contributed by atoms with Gasteiger partial charge in [0.25, 0.3) is 10.1 Å². The molecule has 0 saturated carbocycles. The molecule has 0 aromatic heterocycles. The molecule has 0 aliphatic carbocycles. The van der Waals surface area contributed by atoms with Crippen LogP contribution in [0.5, 0.6) is 5.75 Å². The van der Waals surface area contributed by atoms with Gasteiger partial charge in [0.2, 0.25) is 0 Å². The summed E-state index contributed by atoms with van der Waals surface area (Å²) >= 11 is 0. The largest absolute Gasteiger partial charge is 0.508 e. The molecule has 4 nitrogen and oxygen atoms in total. The molecule has 2 aromatic rings. The van der Waals surface area contributed by atoms with Crippen molar-refractivity contribution < 1.29 is 17.7 Å². The minimum Gasteiger partial charge on any atom is -0.508 e. The van der Waals surface area contributed by atoms with Gasteiger partial charge in [-0.2, -0.15) is 8.42 Å². The van der Waals surface area contributed by atoms with Crippen molar-refractivity contribution in [3.05, 3.63) is 60.2 Å². The normalized spacial score (nSPS) is 10.9. The molecule has 0 aliphatic heterocycles. The summed E-state index contributed by atoms with van der Waals surface area (Å²) in [6, 6.07) is 16.0. The van der Waals surface area contributed by atoms with Crippen LogP contribution in [-0.2, 0) is 20.7 Å². The quantitative estimate of drug-likeness (QED) is 0.0976. The van der Waals surface area contributed by atoms with Crippen molar-refractivity contribution >= 4 is 47.9 Å². The Morgan fingerprint density at radius 3 is 1.58 bits per heavy atom. The summed E-state index contributed by atoms with van der Waals surface area (Å²) in [5.74, 6) is 0.450. The van der Waals surface area contributed by atoms with Crippen LogP contribution in [0.4, 0.5) is 0 Å². The Labute approximate surface area is 264 Å². The number of aryl methyl sites for hydroxylation is 1. The summed E-state index contributed by atoms with van der Waals surface area (Å²) in [6.07, 6.45) is 21.1.